The molecule has 30 heavy (non-hydrogen) atoms. The number of rotatable bonds is 12. The Bertz CT molecular complexity index is 811. The number of likely N-dealkylation sites (tertiary alicyclic amines) is 1. The third-order valence-electron chi connectivity index (χ3n) is 5.22. The molecule has 1 aliphatic rings. The second-order valence-corrected chi connectivity index (χ2v) is 8.72. The molecule has 2 aromatic rings. The molecule has 2 amide bonds. The van der Waals surface area contributed by atoms with E-state index < -0.39 is 0 Å². The number of unbranched alkanes of at least 4 members (excludes halogenated alkanes) is 3. The Morgan fingerprint density at radius 2 is 1.80 bits per heavy atom. The van der Waals surface area contributed by atoms with Gasteiger partial charge in [0.25, 0.3) is 0 Å². The fourth-order valence-corrected chi connectivity index (χ4v) is 4.58. The van der Waals surface area contributed by atoms with Gasteiger partial charge in [-0.3, -0.25) is 9.59 Å². The summed E-state index contributed by atoms with van der Waals surface area (Å²) in [5.74, 6) is 0.769. The van der Waals surface area contributed by atoms with E-state index in [9.17, 15) is 9.59 Å². The van der Waals surface area contributed by atoms with Gasteiger partial charge in [0.2, 0.25) is 11.8 Å². The average molecular weight is 427 g/mol. The zero-order valence-corrected chi connectivity index (χ0v) is 18.3. The molecule has 1 fully saturated rings. The van der Waals surface area contributed by atoms with Crippen molar-refractivity contribution in [3.63, 3.8) is 0 Å². The first-order valence-corrected chi connectivity index (χ1v) is 11.4. The molecule has 1 atom stereocenters. The van der Waals surface area contributed by atoms with E-state index in [1.165, 1.54) is 12.0 Å². The molecule has 0 saturated carbocycles. The molecule has 1 unspecified atom stereocenters. The smallest absolute Gasteiger partial charge is 0.239 e. The number of aryl methyl sites for hydroxylation is 1. The van der Waals surface area contributed by atoms with Crippen LogP contribution in [0.5, 0.6) is 5.75 Å². The third-order valence-corrected chi connectivity index (χ3v) is 6.46. The molecule has 0 aliphatic carbocycles. The van der Waals surface area contributed by atoms with E-state index in [0.29, 0.717) is 13.0 Å². The number of carbonyl (C=O) groups is 2. The lowest BCUT2D eigenvalue weighted by Crippen LogP contribution is -2.54. The number of nitrogens with one attached hydrogen (secondary N) is 1. The van der Waals surface area contributed by atoms with E-state index in [0.717, 1.165) is 36.3 Å². The SMILES string of the molecule is COc1ccc(SC2CC(=O)N2CC(=O)NCCCCCCc2ccccc2)cc1. The molecule has 3 rings (SSSR count). The van der Waals surface area contributed by atoms with Gasteiger partial charge in [-0.1, -0.05) is 43.2 Å². The largest absolute Gasteiger partial charge is 0.497 e. The van der Waals surface area contributed by atoms with Crippen molar-refractivity contribution in [2.75, 3.05) is 20.2 Å². The van der Waals surface area contributed by atoms with Crippen molar-refractivity contribution in [3.8, 4) is 5.75 Å². The van der Waals surface area contributed by atoms with E-state index in [-0.39, 0.29) is 23.7 Å². The second kappa shape index (κ2) is 11.6. The van der Waals surface area contributed by atoms with E-state index in [1.807, 2.05) is 30.3 Å². The summed E-state index contributed by atoms with van der Waals surface area (Å²) in [7, 11) is 1.64. The molecule has 2 aromatic carbocycles. The predicted octanol–water partition coefficient (Wildman–Crippen LogP) is 4.27. The Labute approximate surface area is 183 Å². The molecular weight excluding hydrogens is 396 g/mol. The van der Waals surface area contributed by atoms with Crippen molar-refractivity contribution in [1.29, 1.82) is 0 Å². The highest BCUT2D eigenvalue weighted by atomic mass is 32.2. The van der Waals surface area contributed by atoms with Gasteiger partial charge < -0.3 is 15.0 Å². The predicted molar refractivity (Wildman–Crippen MR) is 121 cm³/mol. The number of thioether (sulfide) groups is 1. The number of amides is 2. The number of nitrogens with zero attached hydrogens (tertiary/aromatic N) is 1. The van der Waals surface area contributed by atoms with Crippen molar-refractivity contribution in [2.24, 2.45) is 0 Å². The van der Waals surface area contributed by atoms with Gasteiger partial charge in [0.05, 0.1) is 18.9 Å². The zero-order chi connectivity index (χ0) is 21.2. The van der Waals surface area contributed by atoms with Gasteiger partial charge in [0, 0.05) is 11.4 Å². The minimum atomic E-state index is -0.0762. The van der Waals surface area contributed by atoms with Crippen LogP contribution in [-0.2, 0) is 16.0 Å². The molecule has 160 valence electrons. The summed E-state index contributed by atoms with van der Waals surface area (Å²) in [6.45, 7) is 0.809. The van der Waals surface area contributed by atoms with Crippen molar-refractivity contribution in [2.45, 2.75) is 48.8 Å². The normalized spacial score (nSPS) is 15.6. The Morgan fingerprint density at radius 3 is 2.50 bits per heavy atom. The van der Waals surface area contributed by atoms with Crippen LogP contribution in [0.1, 0.15) is 37.7 Å². The van der Waals surface area contributed by atoms with E-state index >= 15 is 0 Å². The number of methoxy groups -OCH3 is 1. The van der Waals surface area contributed by atoms with Gasteiger partial charge in [0.15, 0.2) is 0 Å². The average Bonchev–Trinajstić information content (AvgIpc) is 2.78. The molecule has 5 nitrogen and oxygen atoms in total. The number of carbonyl (C=O) groups excluding carboxylic acids is 2. The monoisotopic (exact) mass is 426 g/mol. The van der Waals surface area contributed by atoms with Gasteiger partial charge in [-0.2, -0.15) is 0 Å². The van der Waals surface area contributed by atoms with E-state index in [1.54, 1.807) is 23.8 Å². The van der Waals surface area contributed by atoms with Crippen LogP contribution < -0.4 is 10.1 Å². The van der Waals surface area contributed by atoms with Crippen LogP contribution in [-0.4, -0.2) is 42.3 Å². The molecule has 0 radical (unpaired) electrons. The Morgan fingerprint density at radius 1 is 1.07 bits per heavy atom. The van der Waals surface area contributed by atoms with Gasteiger partial charge in [-0.25, -0.2) is 0 Å². The Balaban J connectivity index is 1.28. The van der Waals surface area contributed by atoms with Crippen LogP contribution in [0.15, 0.2) is 59.5 Å². The standard InChI is InChI=1S/C24H30N2O3S/c1-29-20-12-14-21(15-13-20)30-24-17-23(28)26(24)18-22(27)25-16-8-3-2-5-9-19-10-6-4-7-11-19/h4,6-7,10-15,24H,2-3,5,8-9,16-18H2,1H3,(H,25,27). The van der Waals surface area contributed by atoms with Crippen molar-refractivity contribution in [1.82, 2.24) is 10.2 Å². The molecule has 0 aromatic heterocycles. The van der Waals surface area contributed by atoms with Gasteiger partial charge >= 0.3 is 0 Å². The number of ether oxygens (including phenoxy) is 1. The lowest BCUT2D eigenvalue weighted by molar-refractivity contribution is -0.145. The summed E-state index contributed by atoms with van der Waals surface area (Å²) >= 11 is 1.61. The summed E-state index contributed by atoms with van der Waals surface area (Å²) < 4.78 is 5.17. The maximum atomic E-state index is 12.2. The van der Waals surface area contributed by atoms with Crippen molar-refractivity contribution >= 4 is 23.6 Å². The first-order chi connectivity index (χ1) is 14.7. The van der Waals surface area contributed by atoms with Crippen molar-refractivity contribution in [3.05, 3.63) is 60.2 Å². The molecule has 1 saturated heterocycles. The highest BCUT2D eigenvalue weighted by Gasteiger charge is 2.37. The minimum Gasteiger partial charge on any atom is -0.497 e. The van der Waals surface area contributed by atoms with Crippen LogP contribution in [0.4, 0.5) is 0 Å². The second-order valence-electron chi connectivity index (χ2n) is 7.47. The molecule has 1 heterocycles. The van der Waals surface area contributed by atoms with Crippen molar-refractivity contribution < 1.29 is 14.3 Å². The maximum Gasteiger partial charge on any atom is 0.239 e. The Hall–Kier alpha value is -2.47. The van der Waals surface area contributed by atoms with Crippen LogP contribution in [0.3, 0.4) is 0 Å². The lowest BCUT2D eigenvalue weighted by atomic mass is 10.1. The molecule has 6 heteroatoms. The fourth-order valence-electron chi connectivity index (χ4n) is 3.42. The maximum absolute atomic E-state index is 12.2. The van der Waals surface area contributed by atoms with Gasteiger partial charge in [-0.05, 0) is 49.1 Å². The summed E-state index contributed by atoms with van der Waals surface area (Å²) in [5.41, 5.74) is 1.38. The molecule has 0 bridgehead atoms. The fraction of sp³-hybridized carbons (Fsp3) is 0.417. The van der Waals surface area contributed by atoms with Crippen LogP contribution >= 0.6 is 11.8 Å². The molecule has 0 spiro atoms. The first-order valence-electron chi connectivity index (χ1n) is 10.6. The highest BCUT2D eigenvalue weighted by Crippen LogP contribution is 2.35. The van der Waals surface area contributed by atoms with E-state index in [4.69, 9.17) is 4.74 Å². The minimum absolute atomic E-state index is 0.0228. The quantitative estimate of drug-likeness (QED) is 0.407. The molecule has 1 aliphatic heterocycles. The van der Waals surface area contributed by atoms with E-state index in [2.05, 4.69) is 29.6 Å². The summed E-state index contributed by atoms with van der Waals surface area (Å²) in [5, 5.41) is 2.97. The van der Waals surface area contributed by atoms with Gasteiger partial charge in [-0.15, -0.1) is 11.8 Å². The third kappa shape index (κ3) is 6.80. The summed E-state index contributed by atoms with van der Waals surface area (Å²) in [6.07, 6.45) is 5.99. The molecular formula is C24H30N2O3S. The van der Waals surface area contributed by atoms with Crippen LogP contribution in [0, 0.1) is 0 Å². The number of benzene rings is 2. The molecule has 1 N–H and O–H groups in total. The van der Waals surface area contributed by atoms with Crippen LogP contribution in [0.25, 0.3) is 0 Å². The number of β-lactam (4-membered cyclic amide) rings is 1. The summed E-state index contributed by atoms with van der Waals surface area (Å²) in [4.78, 5) is 26.9. The zero-order valence-electron chi connectivity index (χ0n) is 17.5. The first kappa shape index (κ1) is 22.2. The van der Waals surface area contributed by atoms with Crippen LogP contribution in [0.2, 0.25) is 0 Å². The number of hydrogen-bond donors (Lipinski definition) is 1. The van der Waals surface area contributed by atoms with Gasteiger partial charge in [0.1, 0.15) is 12.3 Å². The lowest BCUT2D eigenvalue weighted by Gasteiger charge is -2.39. The highest BCUT2D eigenvalue weighted by molar-refractivity contribution is 8.00. The topological polar surface area (TPSA) is 58.6 Å². The summed E-state index contributed by atoms with van der Waals surface area (Å²) in [6, 6.07) is 18.3. The number of hydrogen-bond acceptors (Lipinski definition) is 4. The Kier molecular flexibility index (Phi) is 8.63.